The molecular weight excluding hydrogens is 266 g/mol. The predicted molar refractivity (Wildman–Crippen MR) is 81.7 cm³/mol. The maximum atomic E-state index is 12.0. The van der Waals surface area contributed by atoms with Gasteiger partial charge in [-0.3, -0.25) is 4.79 Å². The number of carbonyl (C=O) groups excluding carboxylic acids is 1. The molecule has 1 unspecified atom stereocenters. The molecule has 0 radical (unpaired) electrons. The number of benzene rings is 1. The van der Waals surface area contributed by atoms with Crippen molar-refractivity contribution in [2.75, 3.05) is 5.32 Å². The van der Waals surface area contributed by atoms with E-state index in [1.807, 2.05) is 31.2 Å². The molecular formula is C15H21N5O. The Labute approximate surface area is 124 Å². The van der Waals surface area contributed by atoms with Crippen molar-refractivity contribution in [1.29, 1.82) is 0 Å². The summed E-state index contributed by atoms with van der Waals surface area (Å²) in [6.45, 7) is 4.17. The molecule has 112 valence electrons. The lowest BCUT2D eigenvalue weighted by atomic mass is 10.1. The number of nitrogens with two attached hydrogens (primary N) is 1. The van der Waals surface area contributed by atoms with E-state index < -0.39 is 0 Å². The number of anilines is 1. The second-order valence-electron chi connectivity index (χ2n) is 5.15. The summed E-state index contributed by atoms with van der Waals surface area (Å²) in [6.07, 6.45) is 3.58. The van der Waals surface area contributed by atoms with Gasteiger partial charge in [0.2, 0.25) is 5.91 Å². The van der Waals surface area contributed by atoms with Crippen LogP contribution in [-0.4, -0.2) is 20.9 Å². The number of hydrogen-bond donors (Lipinski definition) is 2. The van der Waals surface area contributed by atoms with E-state index in [2.05, 4.69) is 22.6 Å². The lowest BCUT2D eigenvalue weighted by Crippen LogP contribution is -2.19. The van der Waals surface area contributed by atoms with Crippen molar-refractivity contribution >= 4 is 11.6 Å². The lowest BCUT2D eigenvalue weighted by Gasteiger charge is -2.06. The van der Waals surface area contributed by atoms with Gasteiger partial charge in [0.1, 0.15) is 6.54 Å². The third kappa shape index (κ3) is 4.39. The van der Waals surface area contributed by atoms with Crippen LogP contribution in [0.1, 0.15) is 37.1 Å². The molecule has 2 aromatic rings. The Balaban J connectivity index is 1.94. The molecule has 6 heteroatoms. The van der Waals surface area contributed by atoms with Gasteiger partial charge in [0.15, 0.2) is 0 Å². The summed E-state index contributed by atoms with van der Waals surface area (Å²) in [6, 6.07) is 7.54. The molecule has 1 heterocycles. The van der Waals surface area contributed by atoms with Crippen LogP contribution in [0.15, 0.2) is 30.5 Å². The van der Waals surface area contributed by atoms with Crippen LogP contribution in [0, 0.1) is 6.92 Å². The maximum Gasteiger partial charge on any atom is 0.246 e. The van der Waals surface area contributed by atoms with Gasteiger partial charge in [0.05, 0.1) is 17.9 Å². The van der Waals surface area contributed by atoms with Crippen molar-refractivity contribution in [2.45, 2.75) is 39.3 Å². The molecule has 21 heavy (non-hydrogen) atoms. The zero-order chi connectivity index (χ0) is 15.2. The van der Waals surface area contributed by atoms with E-state index >= 15 is 0 Å². The summed E-state index contributed by atoms with van der Waals surface area (Å²) in [5.74, 6) is -0.138. The van der Waals surface area contributed by atoms with Crippen LogP contribution < -0.4 is 11.1 Å². The monoisotopic (exact) mass is 287 g/mol. The highest BCUT2D eigenvalue weighted by atomic mass is 16.2. The normalized spacial score (nSPS) is 12.1. The predicted octanol–water partition coefficient (Wildman–Crippen LogP) is 2.03. The Morgan fingerprint density at radius 2 is 2.29 bits per heavy atom. The Morgan fingerprint density at radius 1 is 1.48 bits per heavy atom. The van der Waals surface area contributed by atoms with E-state index in [1.165, 1.54) is 4.68 Å². The molecule has 0 saturated carbocycles. The van der Waals surface area contributed by atoms with Gasteiger partial charge >= 0.3 is 0 Å². The topological polar surface area (TPSA) is 85.8 Å². The van der Waals surface area contributed by atoms with Crippen LogP contribution >= 0.6 is 0 Å². The summed E-state index contributed by atoms with van der Waals surface area (Å²) in [7, 11) is 0. The van der Waals surface area contributed by atoms with Crippen LogP contribution in [0.5, 0.6) is 0 Å². The van der Waals surface area contributed by atoms with Gasteiger partial charge < -0.3 is 11.1 Å². The zero-order valence-electron chi connectivity index (χ0n) is 12.4. The number of carbonyl (C=O) groups is 1. The first kappa shape index (κ1) is 15.2. The Bertz CT molecular complexity index is 608. The first-order valence-electron chi connectivity index (χ1n) is 7.10. The van der Waals surface area contributed by atoms with E-state index in [0.717, 1.165) is 29.8 Å². The average molecular weight is 287 g/mol. The molecule has 3 N–H and O–H groups in total. The molecule has 0 aliphatic carbocycles. The minimum Gasteiger partial charge on any atom is -0.324 e. The van der Waals surface area contributed by atoms with Gasteiger partial charge in [-0.1, -0.05) is 30.7 Å². The van der Waals surface area contributed by atoms with Crippen molar-refractivity contribution in [2.24, 2.45) is 5.73 Å². The van der Waals surface area contributed by atoms with Crippen LogP contribution in [0.25, 0.3) is 0 Å². The smallest absolute Gasteiger partial charge is 0.246 e. The molecule has 6 nitrogen and oxygen atoms in total. The molecule has 0 fully saturated rings. The fourth-order valence-corrected chi connectivity index (χ4v) is 2.09. The van der Waals surface area contributed by atoms with Crippen molar-refractivity contribution in [3.05, 3.63) is 41.7 Å². The summed E-state index contributed by atoms with van der Waals surface area (Å²) in [5, 5.41) is 10.8. The van der Waals surface area contributed by atoms with E-state index in [-0.39, 0.29) is 18.5 Å². The quantitative estimate of drug-likeness (QED) is 0.851. The molecule has 0 aliphatic rings. The molecule has 0 bridgehead atoms. The van der Waals surface area contributed by atoms with E-state index in [1.54, 1.807) is 6.20 Å². The Kier molecular flexibility index (Phi) is 5.05. The molecule has 0 saturated heterocycles. The molecule has 1 atom stereocenters. The van der Waals surface area contributed by atoms with Crippen LogP contribution in [0.3, 0.4) is 0 Å². The SMILES string of the molecule is CCCC(N)c1cn(CC(=O)Nc2cccc(C)c2)nn1. The number of nitrogens with one attached hydrogen (secondary N) is 1. The van der Waals surface area contributed by atoms with Gasteiger partial charge in [0, 0.05) is 5.69 Å². The van der Waals surface area contributed by atoms with E-state index in [9.17, 15) is 4.79 Å². The van der Waals surface area contributed by atoms with Crippen LogP contribution in [-0.2, 0) is 11.3 Å². The standard InChI is InChI=1S/C15H21N5O/c1-3-5-13(16)14-9-20(19-18-14)10-15(21)17-12-7-4-6-11(2)8-12/h4,6-9,13H,3,5,10,16H2,1-2H3,(H,17,21). The van der Waals surface area contributed by atoms with Gasteiger partial charge in [-0.15, -0.1) is 5.10 Å². The van der Waals surface area contributed by atoms with Gasteiger partial charge in [0.25, 0.3) is 0 Å². The molecule has 0 spiro atoms. The largest absolute Gasteiger partial charge is 0.324 e. The van der Waals surface area contributed by atoms with Gasteiger partial charge in [-0.2, -0.15) is 0 Å². The molecule has 2 rings (SSSR count). The number of hydrogen-bond acceptors (Lipinski definition) is 4. The number of rotatable bonds is 6. The molecule has 1 amide bonds. The van der Waals surface area contributed by atoms with E-state index in [0.29, 0.717) is 0 Å². The fraction of sp³-hybridized carbons (Fsp3) is 0.400. The van der Waals surface area contributed by atoms with Crippen molar-refractivity contribution in [3.63, 3.8) is 0 Å². The second kappa shape index (κ2) is 6.99. The number of nitrogens with zero attached hydrogens (tertiary/aromatic N) is 3. The molecule has 1 aromatic heterocycles. The van der Waals surface area contributed by atoms with Crippen molar-refractivity contribution in [3.8, 4) is 0 Å². The maximum absolute atomic E-state index is 12.0. The average Bonchev–Trinajstić information content (AvgIpc) is 2.87. The number of aromatic nitrogens is 3. The molecule has 0 aliphatic heterocycles. The van der Waals surface area contributed by atoms with Gasteiger partial charge in [-0.25, -0.2) is 4.68 Å². The third-order valence-corrected chi connectivity index (χ3v) is 3.14. The summed E-state index contributed by atoms with van der Waals surface area (Å²) in [5.41, 5.74) is 8.57. The highest BCUT2D eigenvalue weighted by Crippen LogP contribution is 2.12. The van der Waals surface area contributed by atoms with Crippen LogP contribution in [0.4, 0.5) is 5.69 Å². The Hall–Kier alpha value is -2.21. The highest BCUT2D eigenvalue weighted by molar-refractivity contribution is 5.90. The van der Waals surface area contributed by atoms with Crippen LogP contribution in [0.2, 0.25) is 0 Å². The number of amides is 1. The molecule has 1 aromatic carbocycles. The Morgan fingerprint density at radius 3 is 3.00 bits per heavy atom. The fourth-order valence-electron chi connectivity index (χ4n) is 2.09. The highest BCUT2D eigenvalue weighted by Gasteiger charge is 2.11. The van der Waals surface area contributed by atoms with E-state index in [4.69, 9.17) is 5.73 Å². The lowest BCUT2D eigenvalue weighted by molar-refractivity contribution is -0.116. The third-order valence-electron chi connectivity index (χ3n) is 3.14. The summed E-state index contributed by atoms with van der Waals surface area (Å²) >= 11 is 0. The van der Waals surface area contributed by atoms with Crippen molar-refractivity contribution < 1.29 is 4.79 Å². The zero-order valence-corrected chi connectivity index (χ0v) is 12.4. The second-order valence-corrected chi connectivity index (χ2v) is 5.15. The minimum atomic E-state index is -0.138. The minimum absolute atomic E-state index is 0.122. The first-order chi connectivity index (χ1) is 10.1. The summed E-state index contributed by atoms with van der Waals surface area (Å²) < 4.78 is 1.51. The first-order valence-corrected chi connectivity index (χ1v) is 7.10. The van der Waals surface area contributed by atoms with Crippen molar-refractivity contribution in [1.82, 2.24) is 15.0 Å². The summed E-state index contributed by atoms with van der Waals surface area (Å²) in [4.78, 5) is 12.0. The number of aryl methyl sites for hydroxylation is 1. The van der Waals surface area contributed by atoms with Gasteiger partial charge in [-0.05, 0) is 31.0 Å².